The minimum atomic E-state index is -0.137. The minimum Gasteiger partial charge on any atom is -0.310 e. The molecule has 1 N–H and O–H groups in total. The molecule has 1 fully saturated rings. The van der Waals surface area contributed by atoms with E-state index in [1.165, 1.54) is 23.7 Å². The molecule has 2 aromatic heterocycles. The van der Waals surface area contributed by atoms with E-state index in [0.29, 0.717) is 27.6 Å². The lowest BCUT2D eigenvalue weighted by molar-refractivity contribution is 0.285. The van der Waals surface area contributed by atoms with Crippen molar-refractivity contribution in [3.63, 3.8) is 0 Å². The molecule has 194 valence electrons. The zero-order valence-corrected chi connectivity index (χ0v) is 22.3. The van der Waals surface area contributed by atoms with Crippen LogP contribution in [0.1, 0.15) is 49.1 Å². The van der Waals surface area contributed by atoms with Crippen LogP contribution in [0, 0.1) is 0 Å². The smallest absolute Gasteiger partial charge is 0.266 e. The van der Waals surface area contributed by atoms with Gasteiger partial charge in [0.05, 0.1) is 33.6 Å². The quantitative estimate of drug-likeness (QED) is 0.221. The van der Waals surface area contributed by atoms with E-state index in [1.54, 1.807) is 10.6 Å². The van der Waals surface area contributed by atoms with Crippen molar-refractivity contribution in [3.05, 3.63) is 117 Å². The first kappa shape index (κ1) is 24.1. The lowest BCUT2D eigenvalue weighted by Crippen LogP contribution is -2.41. The Morgan fingerprint density at radius 2 is 1.59 bits per heavy atom. The Balaban J connectivity index is 1.32. The zero-order valence-electron chi connectivity index (χ0n) is 21.5. The molecule has 0 radical (unpaired) electrons. The van der Waals surface area contributed by atoms with E-state index in [0.717, 1.165) is 54.6 Å². The summed E-state index contributed by atoms with van der Waals surface area (Å²) in [6, 6.07) is 25.3. The van der Waals surface area contributed by atoms with Crippen molar-refractivity contribution < 1.29 is 0 Å². The van der Waals surface area contributed by atoms with E-state index in [-0.39, 0.29) is 16.5 Å². The Kier molecular flexibility index (Phi) is 5.96. The van der Waals surface area contributed by atoms with Gasteiger partial charge in [-0.1, -0.05) is 85.6 Å². The molecule has 0 amide bonds. The minimum absolute atomic E-state index is 0.0288. The van der Waals surface area contributed by atoms with Gasteiger partial charge in [-0.05, 0) is 49.1 Å². The highest BCUT2D eigenvalue weighted by atomic mass is 32.2. The monoisotopic (exact) mass is 532 g/mol. The molecule has 5 aromatic rings. The van der Waals surface area contributed by atoms with Crippen LogP contribution in [0.4, 0.5) is 0 Å². The third kappa shape index (κ3) is 4.12. The molecular formula is C32H28N4O2S. The van der Waals surface area contributed by atoms with Gasteiger partial charge in [-0.2, -0.15) is 0 Å². The van der Waals surface area contributed by atoms with E-state index in [1.807, 2.05) is 54.6 Å². The molecule has 0 bridgehead atoms. The van der Waals surface area contributed by atoms with Gasteiger partial charge in [0, 0.05) is 11.0 Å². The molecule has 2 heterocycles. The van der Waals surface area contributed by atoms with Crippen LogP contribution < -0.4 is 11.1 Å². The highest BCUT2D eigenvalue weighted by Gasteiger charge is 2.42. The lowest BCUT2D eigenvalue weighted by Gasteiger charge is -2.41. The number of hydrogen-bond acceptors (Lipinski definition) is 5. The molecule has 2 aliphatic rings. The maximum absolute atomic E-state index is 13.7. The first-order valence-corrected chi connectivity index (χ1v) is 14.5. The van der Waals surface area contributed by atoms with Crippen molar-refractivity contribution >= 4 is 22.7 Å². The highest BCUT2D eigenvalue weighted by Crippen LogP contribution is 2.48. The summed E-state index contributed by atoms with van der Waals surface area (Å²) in [7, 11) is 0. The fourth-order valence-corrected chi connectivity index (χ4v) is 7.32. The maximum Gasteiger partial charge on any atom is 0.266 e. The summed E-state index contributed by atoms with van der Waals surface area (Å²) in [5.74, 6) is 0.975. The van der Waals surface area contributed by atoms with Crippen molar-refractivity contribution in [1.29, 1.82) is 0 Å². The van der Waals surface area contributed by atoms with Gasteiger partial charge in [0.15, 0.2) is 5.16 Å². The number of para-hydroxylation sites is 2. The number of hydrogen-bond donors (Lipinski definition) is 1. The lowest BCUT2D eigenvalue weighted by atomic mass is 9.62. The highest BCUT2D eigenvalue weighted by molar-refractivity contribution is 7.98. The van der Waals surface area contributed by atoms with E-state index >= 15 is 0 Å². The molecule has 0 saturated heterocycles. The SMILES string of the molecule is O=c1[nH]c(CSc2nc3ccccc3c(=O)n2-c2ccccc2)nc2c1C1(CCCCC1)Cc1ccccc1-2. The zero-order chi connectivity index (χ0) is 26.4. The van der Waals surface area contributed by atoms with Crippen molar-refractivity contribution in [3.8, 4) is 16.9 Å². The average Bonchev–Trinajstić information content (AvgIpc) is 2.97. The Morgan fingerprint density at radius 3 is 2.44 bits per heavy atom. The number of aromatic amines is 1. The predicted molar refractivity (Wildman–Crippen MR) is 156 cm³/mol. The van der Waals surface area contributed by atoms with Crippen molar-refractivity contribution in [2.75, 3.05) is 0 Å². The molecule has 0 atom stereocenters. The Morgan fingerprint density at radius 1 is 0.846 bits per heavy atom. The van der Waals surface area contributed by atoms with Gasteiger partial charge in [-0.3, -0.25) is 14.2 Å². The second kappa shape index (κ2) is 9.65. The number of thioether (sulfide) groups is 1. The van der Waals surface area contributed by atoms with Gasteiger partial charge in [-0.25, -0.2) is 9.97 Å². The molecular weight excluding hydrogens is 504 g/mol. The number of aromatic nitrogens is 4. The second-order valence-electron chi connectivity index (χ2n) is 10.6. The Hall–Kier alpha value is -3.97. The fraction of sp³-hybridized carbons (Fsp3) is 0.250. The molecule has 7 heteroatoms. The van der Waals surface area contributed by atoms with Crippen molar-refractivity contribution in [2.45, 2.75) is 54.8 Å². The summed E-state index contributed by atoms with van der Waals surface area (Å²) in [6.07, 6.45) is 6.46. The van der Waals surface area contributed by atoms with Crippen LogP contribution in [0.2, 0.25) is 0 Å². The van der Waals surface area contributed by atoms with Crippen LogP contribution in [0.5, 0.6) is 0 Å². The number of nitrogens with zero attached hydrogens (tertiary/aromatic N) is 3. The number of nitrogens with one attached hydrogen (secondary N) is 1. The molecule has 2 aliphatic carbocycles. The molecule has 0 aliphatic heterocycles. The van der Waals surface area contributed by atoms with Crippen LogP contribution >= 0.6 is 11.8 Å². The van der Waals surface area contributed by atoms with E-state index in [4.69, 9.17) is 9.97 Å². The molecule has 1 saturated carbocycles. The van der Waals surface area contributed by atoms with Gasteiger partial charge in [0.25, 0.3) is 11.1 Å². The summed E-state index contributed by atoms with van der Waals surface area (Å²) in [4.78, 5) is 40.3. The van der Waals surface area contributed by atoms with Crippen LogP contribution in [-0.2, 0) is 17.6 Å². The second-order valence-corrected chi connectivity index (χ2v) is 11.5. The molecule has 1 spiro atoms. The first-order chi connectivity index (χ1) is 19.1. The van der Waals surface area contributed by atoms with Gasteiger partial charge in [0.1, 0.15) is 5.82 Å². The molecule has 7 rings (SSSR count). The Labute approximate surface area is 230 Å². The van der Waals surface area contributed by atoms with Gasteiger partial charge in [-0.15, -0.1) is 0 Å². The number of H-pyrrole nitrogens is 1. The number of rotatable bonds is 4. The third-order valence-electron chi connectivity index (χ3n) is 8.21. The average molecular weight is 533 g/mol. The summed E-state index contributed by atoms with van der Waals surface area (Å²) < 4.78 is 1.65. The van der Waals surface area contributed by atoms with E-state index in [9.17, 15) is 9.59 Å². The third-order valence-corrected chi connectivity index (χ3v) is 9.16. The summed E-state index contributed by atoms with van der Waals surface area (Å²) >= 11 is 1.41. The van der Waals surface area contributed by atoms with Crippen molar-refractivity contribution in [1.82, 2.24) is 19.5 Å². The predicted octanol–water partition coefficient (Wildman–Crippen LogP) is 6.19. The standard InChI is InChI=1S/C32H28N4O2S/c37-29-27-28(23-14-6-5-11-21(23)19-32(27)17-9-2-10-18-32)34-26(35-29)20-39-31-33-25-16-8-7-15-24(25)30(38)36(31)22-12-3-1-4-13-22/h1,3-8,11-16H,2,9-10,17-20H2,(H,34,35,37). The van der Waals surface area contributed by atoms with Crippen LogP contribution in [-0.4, -0.2) is 19.5 Å². The maximum atomic E-state index is 13.7. The van der Waals surface area contributed by atoms with Gasteiger partial charge in [0.2, 0.25) is 0 Å². The van der Waals surface area contributed by atoms with Crippen LogP contribution in [0.15, 0.2) is 93.6 Å². The fourth-order valence-electron chi connectivity index (χ4n) is 6.44. The van der Waals surface area contributed by atoms with Gasteiger partial charge < -0.3 is 4.98 Å². The van der Waals surface area contributed by atoms with Gasteiger partial charge >= 0.3 is 0 Å². The molecule has 6 nitrogen and oxygen atoms in total. The summed E-state index contributed by atoms with van der Waals surface area (Å²) in [6.45, 7) is 0. The topological polar surface area (TPSA) is 80.6 Å². The largest absolute Gasteiger partial charge is 0.310 e. The van der Waals surface area contributed by atoms with Crippen LogP contribution in [0.3, 0.4) is 0 Å². The first-order valence-electron chi connectivity index (χ1n) is 13.5. The summed E-state index contributed by atoms with van der Waals surface area (Å²) in [5.41, 5.74) is 5.14. The normalized spacial score (nSPS) is 15.7. The summed E-state index contributed by atoms with van der Waals surface area (Å²) in [5, 5.41) is 1.13. The van der Waals surface area contributed by atoms with E-state index < -0.39 is 0 Å². The Bertz CT molecular complexity index is 1820. The number of benzene rings is 3. The van der Waals surface area contributed by atoms with E-state index in [2.05, 4.69) is 23.2 Å². The van der Waals surface area contributed by atoms with Crippen LogP contribution in [0.25, 0.3) is 27.8 Å². The molecule has 39 heavy (non-hydrogen) atoms. The molecule has 3 aromatic carbocycles. The number of fused-ring (bicyclic) bond motifs is 5. The van der Waals surface area contributed by atoms with Crippen molar-refractivity contribution in [2.24, 2.45) is 0 Å². The molecule has 0 unspecified atom stereocenters.